The van der Waals surface area contributed by atoms with Gasteiger partial charge in [-0.25, -0.2) is 0 Å². The first kappa shape index (κ1) is 13.8. The van der Waals surface area contributed by atoms with E-state index in [1.54, 1.807) is 0 Å². The first-order chi connectivity index (χ1) is 9.14. The number of ether oxygens (including phenoxy) is 2. The Balaban J connectivity index is 1.46. The van der Waals surface area contributed by atoms with Gasteiger partial charge in [0.1, 0.15) is 0 Å². The second kappa shape index (κ2) is 5.68. The molecule has 3 rings (SSSR count). The minimum Gasteiger partial charge on any atom is -0.348 e. The van der Waals surface area contributed by atoms with Crippen molar-refractivity contribution in [3.8, 4) is 0 Å². The topological polar surface area (TPSA) is 42.5 Å². The number of nitrogens with one attached hydrogen (secondary N) is 2. The standard InChI is InChI=1S/C15H28N2O2/c1-15(2)18-10-11(19-15)9-17-14-6-3-5-12(14)13-7-4-8-16-13/h11-14,16-17H,3-10H2,1-2H3. The van der Waals surface area contributed by atoms with Gasteiger partial charge < -0.3 is 20.1 Å². The molecule has 0 aromatic heterocycles. The molecule has 1 saturated carbocycles. The normalized spacial score (nSPS) is 42.0. The van der Waals surface area contributed by atoms with Gasteiger partial charge in [-0.1, -0.05) is 6.42 Å². The Bertz CT molecular complexity index is 303. The lowest BCUT2D eigenvalue weighted by molar-refractivity contribution is -0.138. The van der Waals surface area contributed by atoms with Crippen LogP contribution in [0.4, 0.5) is 0 Å². The molecule has 4 atom stereocenters. The first-order valence-electron chi connectivity index (χ1n) is 7.92. The Kier molecular flexibility index (Phi) is 4.13. The Morgan fingerprint density at radius 2 is 2.11 bits per heavy atom. The van der Waals surface area contributed by atoms with Gasteiger partial charge in [0.2, 0.25) is 0 Å². The molecule has 1 aliphatic carbocycles. The summed E-state index contributed by atoms with van der Waals surface area (Å²) < 4.78 is 11.5. The molecule has 3 fully saturated rings. The van der Waals surface area contributed by atoms with E-state index in [1.807, 2.05) is 13.8 Å². The summed E-state index contributed by atoms with van der Waals surface area (Å²) in [4.78, 5) is 0. The third-order valence-electron chi connectivity index (χ3n) is 4.86. The van der Waals surface area contributed by atoms with E-state index in [1.165, 1.54) is 38.6 Å². The molecule has 110 valence electrons. The summed E-state index contributed by atoms with van der Waals surface area (Å²) in [6.07, 6.45) is 6.99. The minimum absolute atomic E-state index is 0.216. The molecular weight excluding hydrogens is 240 g/mol. The third-order valence-corrected chi connectivity index (χ3v) is 4.86. The van der Waals surface area contributed by atoms with Crippen LogP contribution in [0.5, 0.6) is 0 Å². The smallest absolute Gasteiger partial charge is 0.163 e. The summed E-state index contributed by atoms with van der Waals surface area (Å²) in [5.74, 6) is 0.423. The lowest BCUT2D eigenvalue weighted by Gasteiger charge is -2.27. The Labute approximate surface area is 116 Å². The number of hydrogen-bond donors (Lipinski definition) is 2. The zero-order chi connectivity index (χ0) is 13.3. The molecule has 3 aliphatic rings. The molecule has 0 radical (unpaired) electrons. The maximum absolute atomic E-state index is 5.87. The highest BCUT2D eigenvalue weighted by Crippen LogP contribution is 2.32. The summed E-state index contributed by atoms with van der Waals surface area (Å²) in [7, 11) is 0. The van der Waals surface area contributed by atoms with Crippen LogP contribution in [0.25, 0.3) is 0 Å². The van der Waals surface area contributed by atoms with Crippen LogP contribution in [0.15, 0.2) is 0 Å². The van der Waals surface area contributed by atoms with Gasteiger partial charge in [0, 0.05) is 18.6 Å². The highest BCUT2D eigenvalue weighted by Gasteiger charge is 2.37. The van der Waals surface area contributed by atoms with Crippen molar-refractivity contribution < 1.29 is 9.47 Å². The molecule has 4 unspecified atom stereocenters. The van der Waals surface area contributed by atoms with E-state index in [-0.39, 0.29) is 6.10 Å². The summed E-state index contributed by atoms with van der Waals surface area (Å²) in [5.41, 5.74) is 0. The molecule has 2 heterocycles. The maximum Gasteiger partial charge on any atom is 0.163 e. The summed E-state index contributed by atoms with van der Waals surface area (Å²) in [6, 6.07) is 1.42. The van der Waals surface area contributed by atoms with E-state index in [9.17, 15) is 0 Å². The third kappa shape index (κ3) is 3.30. The van der Waals surface area contributed by atoms with E-state index in [0.29, 0.717) is 6.04 Å². The SMILES string of the molecule is CC1(C)OCC(CNC2CCCC2C2CCCN2)O1. The zero-order valence-electron chi connectivity index (χ0n) is 12.3. The van der Waals surface area contributed by atoms with Crippen LogP contribution in [-0.4, -0.2) is 43.7 Å². The van der Waals surface area contributed by atoms with Gasteiger partial charge in [-0.15, -0.1) is 0 Å². The molecule has 2 N–H and O–H groups in total. The predicted molar refractivity (Wildman–Crippen MR) is 75.1 cm³/mol. The summed E-state index contributed by atoms with van der Waals surface area (Å²) >= 11 is 0. The molecule has 0 bridgehead atoms. The Morgan fingerprint density at radius 1 is 1.21 bits per heavy atom. The first-order valence-corrected chi connectivity index (χ1v) is 7.92. The molecule has 4 nitrogen and oxygen atoms in total. The van der Waals surface area contributed by atoms with Crippen LogP contribution in [0, 0.1) is 5.92 Å². The van der Waals surface area contributed by atoms with E-state index < -0.39 is 5.79 Å². The average Bonchev–Trinajstić information content (AvgIpc) is 3.04. The fraction of sp³-hybridized carbons (Fsp3) is 1.00. The molecule has 2 aliphatic heterocycles. The molecule has 0 aromatic rings. The molecule has 0 spiro atoms. The van der Waals surface area contributed by atoms with Crippen molar-refractivity contribution in [3.63, 3.8) is 0 Å². The molecule has 4 heteroatoms. The predicted octanol–water partition coefficient (Wildman–Crippen LogP) is 1.65. The molecule has 19 heavy (non-hydrogen) atoms. The monoisotopic (exact) mass is 268 g/mol. The van der Waals surface area contributed by atoms with Gasteiger partial charge in [-0.3, -0.25) is 0 Å². The van der Waals surface area contributed by atoms with Crippen molar-refractivity contribution in [1.82, 2.24) is 10.6 Å². The minimum atomic E-state index is -0.394. The lowest BCUT2D eigenvalue weighted by atomic mass is 9.93. The van der Waals surface area contributed by atoms with Crippen LogP contribution < -0.4 is 10.6 Å². The largest absolute Gasteiger partial charge is 0.348 e. The second-order valence-electron chi connectivity index (χ2n) is 6.76. The van der Waals surface area contributed by atoms with Crippen LogP contribution in [0.1, 0.15) is 46.0 Å². The molecule has 0 amide bonds. The Hall–Kier alpha value is -0.160. The average molecular weight is 268 g/mol. The fourth-order valence-corrected chi connectivity index (χ4v) is 3.95. The second-order valence-corrected chi connectivity index (χ2v) is 6.76. The van der Waals surface area contributed by atoms with E-state index in [4.69, 9.17) is 9.47 Å². The van der Waals surface area contributed by atoms with Crippen molar-refractivity contribution in [2.24, 2.45) is 5.92 Å². The van der Waals surface area contributed by atoms with Crippen LogP contribution >= 0.6 is 0 Å². The molecule has 0 aromatic carbocycles. The van der Waals surface area contributed by atoms with Gasteiger partial charge in [0.15, 0.2) is 5.79 Å². The molecule has 2 saturated heterocycles. The summed E-state index contributed by atoms with van der Waals surface area (Å²) in [5, 5.41) is 7.42. The van der Waals surface area contributed by atoms with Crippen molar-refractivity contribution in [2.75, 3.05) is 19.7 Å². The van der Waals surface area contributed by atoms with Gasteiger partial charge in [-0.05, 0) is 52.0 Å². The highest BCUT2D eigenvalue weighted by molar-refractivity contribution is 4.93. The van der Waals surface area contributed by atoms with Crippen molar-refractivity contribution in [1.29, 1.82) is 0 Å². The van der Waals surface area contributed by atoms with E-state index in [0.717, 1.165) is 25.1 Å². The highest BCUT2D eigenvalue weighted by atomic mass is 16.7. The number of hydrogen-bond acceptors (Lipinski definition) is 4. The zero-order valence-corrected chi connectivity index (χ0v) is 12.3. The van der Waals surface area contributed by atoms with E-state index >= 15 is 0 Å². The molecular formula is C15H28N2O2. The summed E-state index contributed by atoms with van der Waals surface area (Å²) in [6.45, 7) is 6.85. The van der Waals surface area contributed by atoms with Crippen molar-refractivity contribution >= 4 is 0 Å². The van der Waals surface area contributed by atoms with Crippen molar-refractivity contribution in [3.05, 3.63) is 0 Å². The van der Waals surface area contributed by atoms with Gasteiger partial charge in [-0.2, -0.15) is 0 Å². The van der Waals surface area contributed by atoms with Crippen LogP contribution in [0.2, 0.25) is 0 Å². The van der Waals surface area contributed by atoms with Gasteiger partial charge >= 0.3 is 0 Å². The Morgan fingerprint density at radius 3 is 2.79 bits per heavy atom. The van der Waals surface area contributed by atoms with E-state index in [2.05, 4.69) is 10.6 Å². The van der Waals surface area contributed by atoms with Gasteiger partial charge in [0.05, 0.1) is 12.7 Å². The van der Waals surface area contributed by atoms with Crippen molar-refractivity contribution in [2.45, 2.75) is 69.9 Å². The quantitative estimate of drug-likeness (QED) is 0.813. The number of rotatable bonds is 4. The fourth-order valence-electron chi connectivity index (χ4n) is 3.95. The van der Waals surface area contributed by atoms with Crippen LogP contribution in [0.3, 0.4) is 0 Å². The van der Waals surface area contributed by atoms with Crippen LogP contribution in [-0.2, 0) is 9.47 Å². The van der Waals surface area contributed by atoms with Gasteiger partial charge in [0.25, 0.3) is 0 Å². The maximum atomic E-state index is 5.87. The lowest BCUT2D eigenvalue weighted by Crippen LogP contribution is -2.45.